The quantitative estimate of drug-likeness (QED) is 0.659. The van der Waals surface area contributed by atoms with Crippen LogP contribution in [0, 0.1) is 0 Å². The van der Waals surface area contributed by atoms with E-state index in [1.165, 1.54) is 11.1 Å². The lowest BCUT2D eigenvalue weighted by Gasteiger charge is -2.33. The van der Waals surface area contributed by atoms with Crippen molar-refractivity contribution in [2.45, 2.75) is 23.3 Å². The number of benzene rings is 2. The zero-order valence-corrected chi connectivity index (χ0v) is 16.3. The third kappa shape index (κ3) is 6.38. The van der Waals surface area contributed by atoms with Crippen molar-refractivity contribution in [1.82, 2.24) is 4.90 Å². The molecule has 27 heavy (non-hydrogen) atoms. The Morgan fingerprint density at radius 1 is 1.04 bits per heavy atom. The minimum atomic E-state index is -0.905. The normalized spacial score (nSPS) is 15.9. The maximum absolute atomic E-state index is 10.5. The molecule has 1 aliphatic heterocycles. The van der Waals surface area contributed by atoms with E-state index in [1.807, 2.05) is 0 Å². The van der Waals surface area contributed by atoms with Crippen molar-refractivity contribution in [2.24, 2.45) is 0 Å². The van der Waals surface area contributed by atoms with Crippen LogP contribution in [0.2, 0.25) is 0 Å². The number of carbonyl (C=O) groups is 1. The summed E-state index contributed by atoms with van der Waals surface area (Å²) < 4.78 is 5.16. The fourth-order valence-electron chi connectivity index (χ4n) is 3.42. The lowest BCUT2D eigenvalue weighted by atomic mass is 10.0. The van der Waals surface area contributed by atoms with Gasteiger partial charge in [-0.05, 0) is 37.1 Å². The predicted octanol–water partition coefficient (Wildman–Crippen LogP) is 4.07. The van der Waals surface area contributed by atoms with Crippen LogP contribution in [-0.4, -0.2) is 54.1 Å². The maximum atomic E-state index is 10.5. The van der Waals surface area contributed by atoms with Crippen LogP contribution >= 0.6 is 11.8 Å². The van der Waals surface area contributed by atoms with Crippen LogP contribution in [0.1, 0.15) is 29.2 Å². The monoisotopic (exact) mass is 385 g/mol. The Bertz CT molecular complexity index is 648. The summed E-state index contributed by atoms with van der Waals surface area (Å²) in [6.45, 7) is 3.18. The average Bonchev–Trinajstić information content (AvgIpc) is 2.71. The van der Waals surface area contributed by atoms with E-state index >= 15 is 0 Å². The van der Waals surface area contributed by atoms with Crippen molar-refractivity contribution < 1.29 is 14.6 Å². The predicted molar refractivity (Wildman–Crippen MR) is 110 cm³/mol. The van der Waals surface area contributed by atoms with Crippen molar-refractivity contribution in [3.8, 4) is 0 Å². The highest BCUT2D eigenvalue weighted by Crippen LogP contribution is 2.41. The number of hydrogen-bond donors (Lipinski definition) is 1. The van der Waals surface area contributed by atoms with Crippen LogP contribution in [0.3, 0.4) is 0 Å². The van der Waals surface area contributed by atoms with Gasteiger partial charge in [-0.2, -0.15) is 0 Å². The van der Waals surface area contributed by atoms with Crippen molar-refractivity contribution >= 4 is 17.7 Å². The van der Waals surface area contributed by atoms with Crippen LogP contribution in [0.15, 0.2) is 60.7 Å². The van der Waals surface area contributed by atoms with Gasteiger partial charge in [0.2, 0.25) is 0 Å². The molecule has 0 radical (unpaired) electrons. The Morgan fingerprint density at radius 3 is 2.11 bits per heavy atom. The molecule has 1 aliphatic rings. The summed E-state index contributed by atoms with van der Waals surface area (Å²) in [5.74, 6) is -0.905. The molecule has 0 spiro atoms. The largest absolute Gasteiger partial charge is 0.480 e. The van der Waals surface area contributed by atoms with Gasteiger partial charge >= 0.3 is 5.97 Å². The summed E-state index contributed by atoms with van der Waals surface area (Å²) in [5, 5.41) is 9.61. The number of piperidine rings is 1. The first-order valence-electron chi connectivity index (χ1n) is 9.49. The smallest absolute Gasteiger partial charge is 0.329 e. The third-order valence-corrected chi connectivity index (χ3v) is 6.52. The Morgan fingerprint density at radius 2 is 1.59 bits per heavy atom. The number of likely N-dealkylation sites (tertiary alicyclic amines) is 1. The summed E-state index contributed by atoms with van der Waals surface area (Å²) in [6.07, 6.45) is 2.31. The minimum Gasteiger partial charge on any atom is -0.480 e. The van der Waals surface area contributed by atoms with Crippen LogP contribution in [-0.2, 0) is 9.53 Å². The molecule has 0 bridgehead atoms. The summed E-state index contributed by atoms with van der Waals surface area (Å²) >= 11 is 2.07. The van der Waals surface area contributed by atoms with Crippen molar-refractivity contribution in [3.05, 3.63) is 71.8 Å². The maximum Gasteiger partial charge on any atom is 0.329 e. The van der Waals surface area contributed by atoms with Crippen LogP contribution < -0.4 is 0 Å². The summed E-state index contributed by atoms with van der Waals surface area (Å²) in [5.41, 5.74) is 2.72. The zero-order valence-electron chi connectivity index (χ0n) is 15.5. The first-order chi connectivity index (χ1) is 13.2. The molecule has 0 saturated carbocycles. The minimum absolute atomic E-state index is 0.206. The fourth-order valence-corrected chi connectivity index (χ4v) is 4.92. The molecule has 0 atom stereocenters. The number of nitrogens with zero attached hydrogens (tertiary/aromatic N) is 1. The SMILES string of the molecule is O=C(O)COCCN1CCC(SC(c2ccccc2)c2ccccc2)CC1. The third-order valence-electron chi connectivity index (χ3n) is 4.85. The second-order valence-corrected chi connectivity index (χ2v) is 8.24. The van der Waals surface area contributed by atoms with Gasteiger partial charge in [-0.1, -0.05) is 60.7 Å². The molecule has 0 aliphatic carbocycles. The molecule has 2 aromatic rings. The van der Waals surface area contributed by atoms with E-state index in [2.05, 4.69) is 77.3 Å². The highest BCUT2D eigenvalue weighted by atomic mass is 32.2. The van der Waals surface area contributed by atoms with E-state index in [0.29, 0.717) is 17.1 Å². The lowest BCUT2D eigenvalue weighted by Crippen LogP contribution is -2.37. The number of rotatable bonds is 9. The number of ether oxygens (including phenoxy) is 1. The molecular formula is C22H27NO3S. The van der Waals surface area contributed by atoms with Crippen molar-refractivity contribution in [3.63, 3.8) is 0 Å². The van der Waals surface area contributed by atoms with Gasteiger partial charge in [-0.3, -0.25) is 0 Å². The van der Waals surface area contributed by atoms with E-state index in [1.54, 1.807) is 0 Å². The zero-order chi connectivity index (χ0) is 18.9. The highest BCUT2D eigenvalue weighted by molar-refractivity contribution is 8.00. The number of aliphatic carboxylic acids is 1. The Hall–Kier alpha value is -1.82. The molecule has 2 aromatic carbocycles. The van der Waals surface area contributed by atoms with E-state index in [0.717, 1.165) is 32.5 Å². The molecule has 1 saturated heterocycles. The number of hydrogen-bond acceptors (Lipinski definition) is 4. The first-order valence-corrected chi connectivity index (χ1v) is 10.4. The number of thioether (sulfide) groups is 1. The van der Waals surface area contributed by atoms with Gasteiger partial charge in [-0.25, -0.2) is 4.79 Å². The molecule has 144 valence electrons. The fraction of sp³-hybridized carbons (Fsp3) is 0.409. The summed E-state index contributed by atoms with van der Waals surface area (Å²) in [6, 6.07) is 21.5. The molecule has 1 fully saturated rings. The second kappa shape index (κ2) is 10.5. The summed E-state index contributed by atoms with van der Waals surface area (Å²) in [4.78, 5) is 12.9. The van der Waals surface area contributed by atoms with E-state index in [9.17, 15) is 4.79 Å². The van der Waals surface area contributed by atoms with Crippen LogP contribution in [0.4, 0.5) is 0 Å². The molecule has 3 rings (SSSR count). The van der Waals surface area contributed by atoms with Gasteiger partial charge in [0.15, 0.2) is 0 Å². The molecule has 1 heterocycles. The standard InChI is InChI=1S/C22H27NO3S/c24-21(25)17-26-16-15-23-13-11-20(12-14-23)27-22(18-7-3-1-4-8-18)19-9-5-2-6-10-19/h1-10,20,22H,11-17H2,(H,24,25). The van der Waals surface area contributed by atoms with Gasteiger partial charge in [0.1, 0.15) is 6.61 Å². The van der Waals surface area contributed by atoms with Gasteiger partial charge in [0, 0.05) is 11.8 Å². The molecule has 4 nitrogen and oxygen atoms in total. The second-order valence-electron chi connectivity index (χ2n) is 6.82. The Balaban J connectivity index is 1.53. The highest BCUT2D eigenvalue weighted by Gasteiger charge is 2.24. The van der Waals surface area contributed by atoms with E-state index in [4.69, 9.17) is 9.84 Å². The Labute approximate surface area is 165 Å². The van der Waals surface area contributed by atoms with Gasteiger partial charge in [0.05, 0.1) is 11.9 Å². The molecular weight excluding hydrogens is 358 g/mol. The first kappa shape index (κ1) is 19.9. The number of carboxylic acids is 1. The lowest BCUT2D eigenvalue weighted by molar-refractivity contribution is -0.142. The van der Waals surface area contributed by atoms with Crippen molar-refractivity contribution in [1.29, 1.82) is 0 Å². The molecule has 5 heteroatoms. The topological polar surface area (TPSA) is 49.8 Å². The van der Waals surface area contributed by atoms with Crippen LogP contribution in [0.25, 0.3) is 0 Å². The van der Waals surface area contributed by atoms with E-state index < -0.39 is 5.97 Å². The number of carboxylic acid groups (broad SMARTS) is 1. The molecule has 0 aromatic heterocycles. The Kier molecular flexibility index (Phi) is 7.75. The van der Waals surface area contributed by atoms with Gasteiger partial charge < -0.3 is 14.7 Å². The van der Waals surface area contributed by atoms with Gasteiger partial charge in [-0.15, -0.1) is 11.8 Å². The van der Waals surface area contributed by atoms with Crippen molar-refractivity contribution in [2.75, 3.05) is 32.8 Å². The average molecular weight is 386 g/mol. The molecule has 0 amide bonds. The van der Waals surface area contributed by atoms with E-state index in [-0.39, 0.29) is 6.61 Å². The molecule has 0 unspecified atom stereocenters. The molecule has 1 N–H and O–H groups in total. The van der Waals surface area contributed by atoms with Gasteiger partial charge in [0.25, 0.3) is 0 Å². The van der Waals surface area contributed by atoms with Crippen LogP contribution in [0.5, 0.6) is 0 Å². The summed E-state index contributed by atoms with van der Waals surface area (Å²) in [7, 11) is 0.